The molecular formula is C12H20ClNS. The molecule has 0 radical (unpaired) electrons. The summed E-state index contributed by atoms with van der Waals surface area (Å²) in [6.45, 7) is 5.39. The number of rotatable bonds is 7. The van der Waals surface area contributed by atoms with Gasteiger partial charge in [0, 0.05) is 28.2 Å². The molecule has 15 heavy (non-hydrogen) atoms. The van der Waals surface area contributed by atoms with Gasteiger partial charge in [-0.25, -0.2) is 0 Å². The summed E-state index contributed by atoms with van der Waals surface area (Å²) < 4.78 is 0. The molecule has 0 aliphatic rings. The number of thiophene rings is 1. The summed E-state index contributed by atoms with van der Waals surface area (Å²) in [5.74, 6) is 0.746. The van der Waals surface area contributed by atoms with Crippen molar-refractivity contribution in [2.45, 2.75) is 45.7 Å². The van der Waals surface area contributed by atoms with Crippen molar-refractivity contribution >= 4 is 22.9 Å². The predicted molar refractivity (Wildman–Crippen MR) is 70.0 cm³/mol. The van der Waals surface area contributed by atoms with Crippen LogP contribution in [0.4, 0.5) is 0 Å². The Bertz CT molecular complexity index is 272. The highest BCUT2D eigenvalue weighted by atomic mass is 35.5. The Morgan fingerprint density at radius 3 is 2.60 bits per heavy atom. The molecule has 0 spiro atoms. The Morgan fingerprint density at radius 1 is 1.33 bits per heavy atom. The van der Waals surface area contributed by atoms with Crippen LogP contribution in [0.15, 0.2) is 12.1 Å². The van der Waals surface area contributed by atoms with Crippen LogP contribution in [0.2, 0.25) is 0 Å². The van der Waals surface area contributed by atoms with Gasteiger partial charge >= 0.3 is 0 Å². The molecule has 1 atom stereocenters. The van der Waals surface area contributed by atoms with Crippen molar-refractivity contribution in [2.24, 2.45) is 0 Å². The third-order valence-corrected chi connectivity index (χ3v) is 4.03. The molecule has 1 nitrogen and oxygen atoms in total. The number of hydrogen-bond donors (Lipinski definition) is 1. The summed E-state index contributed by atoms with van der Waals surface area (Å²) >= 11 is 7.65. The van der Waals surface area contributed by atoms with Crippen molar-refractivity contribution in [3.63, 3.8) is 0 Å². The van der Waals surface area contributed by atoms with E-state index in [-0.39, 0.29) is 0 Å². The lowest BCUT2D eigenvalue weighted by atomic mass is 10.2. The second-order valence-corrected chi connectivity index (χ2v) is 5.32. The van der Waals surface area contributed by atoms with Crippen LogP contribution in [-0.2, 0) is 13.0 Å². The molecule has 0 saturated heterocycles. The van der Waals surface area contributed by atoms with Crippen LogP contribution < -0.4 is 5.32 Å². The molecule has 0 aliphatic carbocycles. The first-order valence-electron chi connectivity index (χ1n) is 5.67. The first-order chi connectivity index (χ1) is 7.30. The van der Waals surface area contributed by atoms with Crippen LogP contribution in [0.25, 0.3) is 0 Å². The highest BCUT2D eigenvalue weighted by Gasteiger charge is 2.05. The number of alkyl halides is 1. The van der Waals surface area contributed by atoms with E-state index < -0.39 is 0 Å². The number of halogens is 1. The van der Waals surface area contributed by atoms with Gasteiger partial charge in [0.15, 0.2) is 0 Å². The predicted octanol–water partition coefficient (Wildman–Crippen LogP) is 3.81. The van der Waals surface area contributed by atoms with Gasteiger partial charge in [0.1, 0.15) is 0 Å². The number of aryl methyl sites for hydroxylation is 1. The quantitative estimate of drug-likeness (QED) is 0.721. The highest BCUT2D eigenvalue weighted by Crippen LogP contribution is 2.17. The lowest BCUT2D eigenvalue weighted by Crippen LogP contribution is -2.27. The molecule has 1 aromatic heterocycles. The van der Waals surface area contributed by atoms with Crippen molar-refractivity contribution in [2.75, 3.05) is 5.88 Å². The van der Waals surface area contributed by atoms with Crippen molar-refractivity contribution < 1.29 is 0 Å². The van der Waals surface area contributed by atoms with E-state index in [9.17, 15) is 0 Å². The van der Waals surface area contributed by atoms with E-state index in [1.54, 1.807) is 0 Å². The highest BCUT2D eigenvalue weighted by molar-refractivity contribution is 7.11. The molecule has 0 bridgehead atoms. The van der Waals surface area contributed by atoms with Gasteiger partial charge in [-0.1, -0.05) is 13.8 Å². The first kappa shape index (κ1) is 13.0. The van der Waals surface area contributed by atoms with Crippen molar-refractivity contribution in [3.05, 3.63) is 21.9 Å². The van der Waals surface area contributed by atoms with Crippen LogP contribution >= 0.6 is 22.9 Å². The standard InChI is InChI=1S/C12H20ClNS/c1-3-10(7-8-13)14-9-12-6-5-11(4-2)15-12/h5-6,10,14H,3-4,7-9H2,1-2H3. The second-order valence-electron chi connectivity index (χ2n) is 3.69. The Labute approximate surface area is 102 Å². The fraction of sp³-hybridized carbons (Fsp3) is 0.667. The van der Waals surface area contributed by atoms with Gasteiger partial charge in [-0.15, -0.1) is 22.9 Å². The number of nitrogens with one attached hydrogen (secondary N) is 1. The maximum Gasteiger partial charge on any atom is 0.0302 e. The maximum absolute atomic E-state index is 5.75. The minimum Gasteiger partial charge on any atom is -0.309 e. The molecule has 1 N–H and O–H groups in total. The van der Waals surface area contributed by atoms with E-state index in [1.807, 2.05) is 11.3 Å². The monoisotopic (exact) mass is 245 g/mol. The molecule has 0 aromatic carbocycles. The fourth-order valence-corrected chi connectivity index (χ4v) is 2.71. The fourth-order valence-electron chi connectivity index (χ4n) is 1.53. The van der Waals surface area contributed by atoms with E-state index in [0.29, 0.717) is 6.04 Å². The summed E-state index contributed by atoms with van der Waals surface area (Å²) in [7, 11) is 0. The van der Waals surface area contributed by atoms with Crippen molar-refractivity contribution in [3.8, 4) is 0 Å². The molecule has 0 saturated carbocycles. The largest absolute Gasteiger partial charge is 0.309 e. The smallest absolute Gasteiger partial charge is 0.0302 e. The van der Waals surface area contributed by atoms with E-state index in [2.05, 4.69) is 31.3 Å². The SMILES string of the molecule is CCc1ccc(CNC(CC)CCCl)s1. The third-order valence-electron chi connectivity index (χ3n) is 2.58. The zero-order valence-electron chi connectivity index (χ0n) is 9.55. The van der Waals surface area contributed by atoms with Crippen molar-refractivity contribution in [1.82, 2.24) is 5.32 Å². The third kappa shape index (κ3) is 4.54. The van der Waals surface area contributed by atoms with Gasteiger partial charge in [-0.2, -0.15) is 0 Å². The molecule has 0 amide bonds. The average molecular weight is 246 g/mol. The zero-order valence-corrected chi connectivity index (χ0v) is 11.1. The minimum atomic E-state index is 0.565. The Kier molecular flexibility index (Phi) is 6.30. The minimum absolute atomic E-state index is 0.565. The molecule has 0 fully saturated rings. The van der Waals surface area contributed by atoms with Crippen LogP contribution in [0.5, 0.6) is 0 Å². The zero-order chi connectivity index (χ0) is 11.1. The second kappa shape index (κ2) is 7.26. The Hall–Kier alpha value is -0.0500. The summed E-state index contributed by atoms with van der Waals surface area (Å²) in [6, 6.07) is 5.02. The van der Waals surface area contributed by atoms with Crippen LogP contribution in [0.3, 0.4) is 0 Å². The van der Waals surface area contributed by atoms with Gasteiger partial charge in [0.25, 0.3) is 0 Å². The first-order valence-corrected chi connectivity index (χ1v) is 7.02. The number of hydrogen-bond acceptors (Lipinski definition) is 2. The summed E-state index contributed by atoms with van der Waals surface area (Å²) in [5.41, 5.74) is 0. The van der Waals surface area contributed by atoms with E-state index in [1.165, 1.54) is 9.75 Å². The normalized spacial score (nSPS) is 13.0. The van der Waals surface area contributed by atoms with E-state index in [4.69, 9.17) is 11.6 Å². The molecule has 3 heteroatoms. The summed E-state index contributed by atoms with van der Waals surface area (Å²) in [4.78, 5) is 2.90. The molecule has 86 valence electrons. The maximum atomic E-state index is 5.75. The molecule has 0 aliphatic heterocycles. The van der Waals surface area contributed by atoms with Crippen LogP contribution in [0, 0.1) is 0 Å². The van der Waals surface area contributed by atoms with Crippen LogP contribution in [0.1, 0.15) is 36.4 Å². The molecule has 1 unspecified atom stereocenters. The Morgan fingerprint density at radius 2 is 2.07 bits per heavy atom. The van der Waals surface area contributed by atoms with E-state index in [0.717, 1.165) is 31.7 Å². The van der Waals surface area contributed by atoms with Crippen molar-refractivity contribution in [1.29, 1.82) is 0 Å². The average Bonchev–Trinajstić information content (AvgIpc) is 2.72. The van der Waals surface area contributed by atoms with Gasteiger partial charge in [-0.3, -0.25) is 0 Å². The van der Waals surface area contributed by atoms with Gasteiger partial charge in [0.05, 0.1) is 0 Å². The van der Waals surface area contributed by atoms with Gasteiger partial charge < -0.3 is 5.32 Å². The van der Waals surface area contributed by atoms with E-state index >= 15 is 0 Å². The molecular weight excluding hydrogens is 226 g/mol. The van der Waals surface area contributed by atoms with Gasteiger partial charge in [0.2, 0.25) is 0 Å². The molecule has 1 heterocycles. The van der Waals surface area contributed by atoms with Crippen LogP contribution in [-0.4, -0.2) is 11.9 Å². The molecule has 1 rings (SSSR count). The lowest BCUT2D eigenvalue weighted by Gasteiger charge is -2.14. The topological polar surface area (TPSA) is 12.0 Å². The molecule has 1 aromatic rings. The summed E-state index contributed by atoms with van der Waals surface area (Å²) in [6.07, 6.45) is 3.35. The Balaban J connectivity index is 2.34. The lowest BCUT2D eigenvalue weighted by molar-refractivity contribution is 0.488. The van der Waals surface area contributed by atoms with Gasteiger partial charge in [-0.05, 0) is 31.4 Å². The summed E-state index contributed by atoms with van der Waals surface area (Å²) in [5, 5.41) is 3.55.